The molecule has 0 aromatic carbocycles. The largest absolute Gasteiger partial charge is 0.305 e. The fourth-order valence-electron chi connectivity index (χ4n) is 1.55. The summed E-state index contributed by atoms with van der Waals surface area (Å²) in [7, 11) is 0. The minimum atomic E-state index is 0.0996. The number of hydrogen-bond acceptors (Lipinski definition) is 4. The van der Waals surface area contributed by atoms with Crippen molar-refractivity contribution in [3.63, 3.8) is 0 Å². The average Bonchev–Trinajstić information content (AvgIpc) is 2.94. The van der Waals surface area contributed by atoms with Gasteiger partial charge in [0.25, 0.3) is 0 Å². The van der Waals surface area contributed by atoms with Crippen molar-refractivity contribution < 1.29 is 0 Å². The van der Waals surface area contributed by atoms with Gasteiger partial charge in [-0.15, -0.1) is 11.3 Å². The number of thiophene rings is 1. The van der Waals surface area contributed by atoms with Gasteiger partial charge in [0.1, 0.15) is 6.33 Å². The molecule has 2 aromatic heterocycles. The third-order valence-corrected chi connectivity index (χ3v) is 3.46. The number of nitrogens with zero attached hydrogens (tertiary/aromatic N) is 3. The van der Waals surface area contributed by atoms with Crippen molar-refractivity contribution in [1.82, 2.24) is 20.1 Å². The number of rotatable bonds is 5. The lowest BCUT2D eigenvalue weighted by atomic mass is 10.1. The van der Waals surface area contributed by atoms with E-state index in [-0.39, 0.29) is 5.54 Å². The van der Waals surface area contributed by atoms with Crippen LogP contribution in [0.1, 0.15) is 31.5 Å². The van der Waals surface area contributed by atoms with Crippen LogP contribution in [0.4, 0.5) is 0 Å². The molecule has 0 aliphatic heterocycles. The van der Waals surface area contributed by atoms with Crippen molar-refractivity contribution in [2.45, 2.75) is 45.8 Å². The lowest BCUT2D eigenvalue weighted by molar-refractivity contribution is 0.416. The van der Waals surface area contributed by atoms with E-state index in [9.17, 15) is 0 Å². The van der Waals surface area contributed by atoms with Crippen molar-refractivity contribution in [3.05, 3.63) is 34.5 Å². The Bertz CT molecular complexity index is 467. The number of hydrogen-bond donors (Lipinski definition) is 1. The van der Waals surface area contributed by atoms with Crippen LogP contribution in [0.15, 0.2) is 23.8 Å². The van der Waals surface area contributed by atoms with E-state index in [1.165, 1.54) is 4.88 Å². The molecule has 0 atom stereocenters. The maximum atomic E-state index is 4.46. The summed E-state index contributed by atoms with van der Waals surface area (Å²) < 4.78 is 1.92. The molecule has 2 rings (SSSR count). The normalized spacial score (nSPS) is 11.9. The van der Waals surface area contributed by atoms with E-state index in [4.69, 9.17) is 0 Å². The molecule has 1 N–H and O–H groups in total. The van der Waals surface area contributed by atoms with Gasteiger partial charge in [-0.05, 0) is 32.2 Å². The first-order valence-electron chi connectivity index (χ1n) is 6.19. The molecule has 0 aliphatic rings. The second kappa shape index (κ2) is 5.63. The number of nitrogens with one attached hydrogen (secondary N) is 1. The summed E-state index contributed by atoms with van der Waals surface area (Å²) in [5.41, 5.74) is 0.0996. The first-order valence-corrected chi connectivity index (χ1v) is 7.07. The van der Waals surface area contributed by atoms with Crippen molar-refractivity contribution in [1.29, 1.82) is 0 Å². The topological polar surface area (TPSA) is 42.7 Å². The molecule has 2 heterocycles. The van der Waals surface area contributed by atoms with Crippen LogP contribution < -0.4 is 5.32 Å². The van der Waals surface area contributed by atoms with E-state index >= 15 is 0 Å². The van der Waals surface area contributed by atoms with Gasteiger partial charge in [0.05, 0.1) is 6.54 Å². The van der Waals surface area contributed by atoms with E-state index in [1.54, 1.807) is 11.3 Å². The summed E-state index contributed by atoms with van der Waals surface area (Å²) >= 11 is 1.79. The molecule has 0 aliphatic carbocycles. The summed E-state index contributed by atoms with van der Waals surface area (Å²) in [5.74, 6) is 0.858. The Labute approximate surface area is 112 Å². The van der Waals surface area contributed by atoms with Crippen LogP contribution >= 0.6 is 11.3 Å². The van der Waals surface area contributed by atoms with Gasteiger partial charge in [-0.25, -0.2) is 4.98 Å². The Hall–Kier alpha value is -1.20. The van der Waals surface area contributed by atoms with Crippen LogP contribution in [0.25, 0.3) is 0 Å². The van der Waals surface area contributed by atoms with Gasteiger partial charge in [-0.2, -0.15) is 5.10 Å². The van der Waals surface area contributed by atoms with E-state index < -0.39 is 0 Å². The summed E-state index contributed by atoms with van der Waals surface area (Å²) in [6.07, 6.45) is 2.83. The molecule has 0 bridgehead atoms. The number of aryl methyl sites for hydroxylation is 2. The Kier molecular flexibility index (Phi) is 4.14. The van der Waals surface area contributed by atoms with Crippen molar-refractivity contribution in [2.24, 2.45) is 0 Å². The smallest absolute Gasteiger partial charge is 0.164 e. The molecule has 0 spiro atoms. The molecule has 2 aromatic rings. The van der Waals surface area contributed by atoms with E-state index in [2.05, 4.69) is 53.7 Å². The zero-order valence-corrected chi connectivity index (χ0v) is 12.0. The van der Waals surface area contributed by atoms with Crippen LogP contribution in [0.2, 0.25) is 0 Å². The predicted molar refractivity (Wildman–Crippen MR) is 74.6 cm³/mol. The molecule has 5 heteroatoms. The first-order chi connectivity index (χ1) is 8.53. The van der Waals surface area contributed by atoms with Gasteiger partial charge in [0.2, 0.25) is 0 Å². The third-order valence-electron chi connectivity index (χ3n) is 2.53. The van der Waals surface area contributed by atoms with Gasteiger partial charge >= 0.3 is 0 Å². The van der Waals surface area contributed by atoms with Gasteiger partial charge in [-0.3, -0.25) is 4.68 Å². The van der Waals surface area contributed by atoms with Crippen molar-refractivity contribution in [2.75, 3.05) is 0 Å². The highest BCUT2D eigenvalue weighted by atomic mass is 32.1. The molecular formula is C13H20N4S. The van der Waals surface area contributed by atoms with E-state index in [1.807, 2.05) is 11.0 Å². The minimum absolute atomic E-state index is 0.0996. The maximum Gasteiger partial charge on any atom is 0.164 e. The standard InChI is InChI=1S/C13H20N4S/c1-13(2,3)15-9-12-14-10-17(16-12)7-6-11-5-4-8-18-11/h4-5,8,10,15H,6-7,9H2,1-3H3. The van der Waals surface area contributed by atoms with Crippen LogP contribution in [-0.2, 0) is 19.5 Å². The lowest BCUT2D eigenvalue weighted by Crippen LogP contribution is -2.35. The SMILES string of the molecule is CC(C)(C)NCc1ncn(CCc2cccs2)n1. The van der Waals surface area contributed by atoms with E-state index in [0.717, 1.165) is 25.3 Å². The highest BCUT2D eigenvalue weighted by Gasteiger charge is 2.10. The van der Waals surface area contributed by atoms with Gasteiger partial charge in [0.15, 0.2) is 5.82 Å². The summed E-state index contributed by atoms with van der Waals surface area (Å²) in [4.78, 5) is 5.70. The fraction of sp³-hybridized carbons (Fsp3) is 0.538. The summed E-state index contributed by atoms with van der Waals surface area (Å²) in [6, 6.07) is 4.24. The maximum absolute atomic E-state index is 4.46. The van der Waals surface area contributed by atoms with Gasteiger partial charge in [-0.1, -0.05) is 6.07 Å². The molecule has 0 amide bonds. The number of aromatic nitrogens is 3. The molecule has 0 radical (unpaired) electrons. The minimum Gasteiger partial charge on any atom is -0.305 e. The quantitative estimate of drug-likeness (QED) is 0.902. The van der Waals surface area contributed by atoms with Crippen LogP contribution in [0.5, 0.6) is 0 Å². The van der Waals surface area contributed by atoms with Gasteiger partial charge in [0, 0.05) is 23.4 Å². The average molecular weight is 264 g/mol. The monoisotopic (exact) mass is 264 g/mol. The van der Waals surface area contributed by atoms with E-state index in [0.29, 0.717) is 0 Å². The van der Waals surface area contributed by atoms with Crippen molar-refractivity contribution in [3.8, 4) is 0 Å². The highest BCUT2D eigenvalue weighted by Crippen LogP contribution is 2.09. The molecular weight excluding hydrogens is 244 g/mol. The molecule has 4 nitrogen and oxygen atoms in total. The third kappa shape index (κ3) is 4.23. The molecule has 0 saturated heterocycles. The Morgan fingerprint density at radius 3 is 2.89 bits per heavy atom. The molecule has 0 saturated carbocycles. The molecule has 98 valence electrons. The van der Waals surface area contributed by atoms with Crippen LogP contribution in [0, 0.1) is 0 Å². The Morgan fingerprint density at radius 1 is 1.39 bits per heavy atom. The molecule has 18 heavy (non-hydrogen) atoms. The molecule has 0 unspecified atom stereocenters. The second-order valence-corrected chi connectivity index (χ2v) is 6.39. The second-order valence-electron chi connectivity index (χ2n) is 5.36. The Balaban J connectivity index is 1.82. The summed E-state index contributed by atoms with van der Waals surface area (Å²) in [6.45, 7) is 8.03. The molecule has 0 fully saturated rings. The van der Waals surface area contributed by atoms with Crippen LogP contribution in [0.3, 0.4) is 0 Å². The fourth-order valence-corrected chi connectivity index (χ4v) is 2.24. The first kappa shape index (κ1) is 13.2. The van der Waals surface area contributed by atoms with Gasteiger partial charge < -0.3 is 5.32 Å². The summed E-state index contributed by atoms with van der Waals surface area (Å²) in [5, 5.41) is 9.95. The van der Waals surface area contributed by atoms with Crippen LogP contribution in [-0.4, -0.2) is 20.3 Å². The predicted octanol–water partition coefficient (Wildman–Crippen LogP) is 2.47. The lowest BCUT2D eigenvalue weighted by Gasteiger charge is -2.19. The Morgan fingerprint density at radius 2 is 2.22 bits per heavy atom. The zero-order chi connectivity index (χ0) is 13.0. The zero-order valence-electron chi connectivity index (χ0n) is 11.2. The van der Waals surface area contributed by atoms with Crippen molar-refractivity contribution >= 4 is 11.3 Å². The highest BCUT2D eigenvalue weighted by molar-refractivity contribution is 7.09.